The molecule has 1 amide bonds. The van der Waals surface area contributed by atoms with Crippen molar-refractivity contribution in [2.45, 2.75) is 19.9 Å². The smallest absolute Gasteiger partial charge is 0.270 e. The maximum atomic E-state index is 12.2. The van der Waals surface area contributed by atoms with Crippen molar-refractivity contribution in [3.05, 3.63) is 36.0 Å². The van der Waals surface area contributed by atoms with Crippen LogP contribution in [-0.2, 0) is 0 Å². The number of amides is 1. The van der Waals surface area contributed by atoms with Gasteiger partial charge in [0.1, 0.15) is 5.69 Å². The molecule has 2 atom stereocenters. The van der Waals surface area contributed by atoms with Crippen LogP contribution >= 0.6 is 0 Å². The Morgan fingerprint density at radius 3 is 2.80 bits per heavy atom. The molecule has 1 aromatic carbocycles. The van der Waals surface area contributed by atoms with Gasteiger partial charge < -0.3 is 16.2 Å². The maximum absolute atomic E-state index is 12.2. The van der Waals surface area contributed by atoms with Gasteiger partial charge >= 0.3 is 0 Å². The molecular formula is C15H19N3O2. The molecule has 5 nitrogen and oxygen atoms in total. The van der Waals surface area contributed by atoms with Crippen LogP contribution in [0, 0.1) is 5.92 Å². The number of nitrogens with zero attached hydrogens (tertiary/aromatic N) is 1. The SMILES string of the molecule is CC(CO)C(C)NC(=O)c1cc(N)c2ccccc2n1. The largest absolute Gasteiger partial charge is 0.398 e. The van der Waals surface area contributed by atoms with Gasteiger partial charge in [-0.05, 0) is 25.0 Å². The fourth-order valence-electron chi connectivity index (χ4n) is 1.90. The van der Waals surface area contributed by atoms with Gasteiger partial charge in [0.2, 0.25) is 0 Å². The Hall–Kier alpha value is -2.14. The molecule has 20 heavy (non-hydrogen) atoms. The van der Waals surface area contributed by atoms with Gasteiger partial charge in [0.25, 0.3) is 5.91 Å². The molecule has 0 saturated heterocycles. The van der Waals surface area contributed by atoms with Crippen molar-refractivity contribution in [3.8, 4) is 0 Å². The highest BCUT2D eigenvalue weighted by Gasteiger charge is 2.17. The topological polar surface area (TPSA) is 88.2 Å². The fraction of sp³-hybridized carbons (Fsp3) is 0.333. The number of fused-ring (bicyclic) bond motifs is 1. The van der Waals surface area contributed by atoms with Crippen molar-refractivity contribution in [1.82, 2.24) is 10.3 Å². The molecule has 2 aromatic rings. The molecule has 0 radical (unpaired) electrons. The summed E-state index contributed by atoms with van der Waals surface area (Å²) in [4.78, 5) is 16.5. The van der Waals surface area contributed by atoms with Crippen LogP contribution in [0.1, 0.15) is 24.3 Å². The van der Waals surface area contributed by atoms with Crippen LogP contribution in [0.2, 0.25) is 0 Å². The van der Waals surface area contributed by atoms with Gasteiger partial charge in [-0.25, -0.2) is 4.98 Å². The van der Waals surface area contributed by atoms with Crippen LogP contribution in [0.15, 0.2) is 30.3 Å². The predicted octanol–water partition coefficient (Wildman–Crippen LogP) is 1.56. The third-order valence-corrected chi connectivity index (χ3v) is 3.48. The lowest BCUT2D eigenvalue weighted by Gasteiger charge is -2.19. The molecule has 4 N–H and O–H groups in total. The predicted molar refractivity (Wildman–Crippen MR) is 79.3 cm³/mol. The average Bonchev–Trinajstić information content (AvgIpc) is 2.46. The number of aliphatic hydroxyl groups is 1. The highest BCUT2D eigenvalue weighted by Crippen LogP contribution is 2.20. The minimum absolute atomic E-state index is 0.0169. The van der Waals surface area contributed by atoms with Crippen molar-refractivity contribution in [2.24, 2.45) is 5.92 Å². The van der Waals surface area contributed by atoms with Crippen LogP contribution in [0.5, 0.6) is 0 Å². The quantitative estimate of drug-likeness (QED) is 0.789. The minimum Gasteiger partial charge on any atom is -0.398 e. The molecule has 0 spiro atoms. The molecule has 1 heterocycles. The second kappa shape index (κ2) is 5.88. The summed E-state index contributed by atoms with van der Waals surface area (Å²) < 4.78 is 0. The normalized spacial score (nSPS) is 13.9. The number of aliphatic hydroxyl groups excluding tert-OH is 1. The summed E-state index contributed by atoms with van der Waals surface area (Å²) in [5.74, 6) is -0.299. The number of carbonyl (C=O) groups is 1. The van der Waals surface area contributed by atoms with Crippen LogP contribution in [0.25, 0.3) is 10.9 Å². The molecule has 2 rings (SSSR count). The third kappa shape index (κ3) is 2.88. The Balaban J connectivity index is 2.27. The Kier molecular flexibility index (Phi) is 4.20. The van der Waals surface area contributed by atoms with Gasteiger partial charge in [-0.1, -0.05) is 25.1 Å². The van der Waals surface area contributed by atoms with Gasteiger partial charge in [0.15, 0.2) is 0 Å². The van der Waals surface area contributed by atoms with Crippen LogP contribution in [0.3, 0.4) is 0 Å². The standard InChI is InChI=1S/C15H19N3O2/c1-9(8-19)10(2)17-15(20)14-7-12(16)11-5-3-4-6-13(11)18-14/h3-7,9-10,19H,8H2,1-2H3,(H2,16,18)(H,17,20). The van der Waals surface area contributed by atoms with Gasteiger partial charge in [-0.3, -0.25) is 4.79 Å². The summed E-state index contributed by atoms with van der Waals surface area (Å²) in [7, 11) is 0. The number of nitrogens with one attached hydrogen (secondary N) is 1. The van der Waals surface area contributed by atoms with Crippen molar-refractivity contribution in [3.63, 3.8) is 0 Å². The van der Waals surface area contributed by atoms with E-state index in [1.54, 1.807) is 6.07 Å². The number of nitrogens with two attached hydrogens (primary N) is 1. The summed E-state index contributed by atoms with van der Waals surface area (Å²) in [5, 5.41) is 12.7. The van der Waals surface area contributed by atoms with Crippen LogP contribution in [-0.4, -0.2) is 28.6 Å². The number of hydrogen-bond acceptors (Lipinski definition) is 4. The second-order valence-electron chi connectivity index (χ2n) is 5.04. The van der Waals surface area contributed by atoms with E-state index < -0.39 is 0 Å². The highest BCUT2D eigenvalue weighted by atomic mass is 16.3. The first-order valence-electron chi connectivity index (χ1n) is 6.60. The molecule has 0 saturated carbocycles. The zero-order chi connectivity index (χ0) is 14.7. The molecule has 0 aliphatic carbocycles. The third-order valence-electron chi connectivity index (χ3n) is 3.48. The number of nitrogen functional groups attached to an aromatic ring is 1. The van der Waals surface area contributed by atoms with Crippen LogP contribution in [0.4, 0.5) is 5.69 Å². The van der Waals surface area contributed by atoms with E-state index in [0.717, 1.165) is 5.39 Å². The summed E-state index contributed by atoms with van der Waals surface area (Å²) in [6, 6.07) is 8.87. The maximum Gasteiger partial charge on any atom is 0.270 e. The molecule has 2 unspecified atom stereocenters. The number of benzene rings is 1. The Labute approximate surface area is 117 Å². The zero-order valence-electron chi connectivity index (χ0n) is 11.6. The van der Waals surface area contributed by atoms with E-state index in [4.69, 9.17) is 10.8 Å². The van der Waals surface area contributed by atoms with Crippen LogP contribution < -0.4 is 11.1 Å². The number of pyridine rings is 1. The number of hydrogen-bond donors (Lipinski definition) is 3. The monoisotopic (exact) mass is 273 g/mol. The molecule has 0 fully saturated rings. The number of rotatable bonds is 4. The lowest BCUT2D eigenvalue weighted by molar-refractivity contribution is 0.0911. The van der Waals surface area contributed by atoms with E-state index in [1.165, 1.54) is 0 Å². The molecule has 1 aromatic heterocycles. The van der Waals surface area contributed by atoms with E-state index in [2.05, 4.69) is 10.3 Å². The summed E-state index contributed by atoms with van der Waals surface area (Å²) >= 11 is 0. The zero-order valence-corrected chi connectivity index (χ0v) is 11.6. The molecular weight excluding hydrogens is 254 g/mol. The minimum atomic E-state index is -0.282. The van der Waals surface area contributed by atoms with E-state index in [0.29, 0.717) is 11.2 Å². The molecule has 0 aliphatic heterocycles. The van der Waals surface area contributed by atoms with Crippen molar-refractivity contribution in [2.75, 3.05) is 12.3 Å². The Morgan fingerprint density at radius 2 is 2.10 bits per heavy atom. The van der Waals surface area contributed by atoms with Crippen molar-refractivity contribution in [1.29, 1.82) is 0 Å². The Bertz CT molecular complexity index is 628. The first-order valence-corrected chi connectivity index (χ1v) is 6.60. The lowest BCUT2D eigenvalue weighted by atomic mass is 10.0. The average molecular weight is 273 g/mol. The summed E-state index contributed by atoms with van der Waals surface area (Å²) in [6.45, 7) is 3.74. The molecule has 5 heteroatoms. The summed E-state index contributed by atoms with van der Waals surface area (Å²) in [6.07, 6.45) is 0. The van der Waals surface area contributed by atoms with E-state index in [9.17, 15) is 4.79 Å². The first kappa shape index (κ1) is 14.3. The molecule has 106 valence electrons. The number of para-hydroxylation sites is 1. The number of aromatic nitrogens is 1. The summed E-state index contributed by atoms with van der Waals surface area (Å²) in [5.41, 5.74) is 7.47. The second-order valence-corrected chi connectivity index (χ2v) is 5.04. The fourth-order valence-corrected chi connectivity index (χ4v) is 1.90. The lowest BCUT2D eigenvalue weighted by Crippen LogP contribution is -2.38. The Morgan fingerprint density at radius 1 is 1.40 bits per heavy atom. The van der Waals surface area contributed by atoms with E-state index in [1.807, 2.05) is 38.1 Å². The van der Waals surface area contributed by atoms with Gasteiger partial charge in [0.05, 0.1) is 5.52 Å². The van der Waals surface area contributed by atoms with E-state index in [-0.39, 0.29) is 30.2 Å². The van der Waals surface area contributed by atoms with Gasteiger partial charge in [-0.15, -0.1) is 0 Å². The first-order chi connectivity index (χ1) is 9.52. The highest BCUT2D eigenvalue weighted by molar-refractivity contribution is 5.99. The van der Waals surface area contributed by atoms with Crippen molar-refractivity contribution >= 4 is 22.5 Å². The number of carbonyl (C=O) groups excluding carboxylic acids is 1. The van der Waals surface area contributed by atoms with Gasteiger partial charge in [0, 0.05) is 23.7 Å². The van der Waals surface area contributed by atoms with Crippen molar-refractivity contribution < 1.29 is 9.90 Å². The van der Waals surface area contributed by atoms with E-state index >= 15 is 0 Å². The number of anilines is 1. The molecule has 0 aliphatic rings. The molecule has 0 bridgehead atoms. The van der Waals surface area contributed by atoms with Gasteiger partial charge in [-0.2, -0.15) is 0 Å².